The number of hydrogen-bond acceptors (Lipinski definition) is 2. The molecular formula is C9H13N3O. The molecule has 0 spiro atoms. The predicted molar refractivity (Wildman–Crippen MR) is 52.0 cm³/mol. The molecule has 0 aliphatic rings. The first-order valence-corrected chi connectivity index (χ1v) is 4.12. The molecule has 1 aromatic carbocycles. The van der Waals surface area contributed by atoms with Crippen molar-refractivity contribution >= 4 is 11.7 Å². The number of nitrogens with zero attached hydrogens (tertiary/aromatic N) is 1. The number of nitrogens with one attached hydrogen (secondary N) is 1. The van der Waals surface area contributed by atoms with Gasteiger partial charge in [-0.15, -0.1) is 0 Å². The van der Waals surface area contributed by atoms with Gasteiger partial charge in [0.25, 0.3) is 0 Å². The molecule has 13 heavy (non-hydrogen) atoms. The van der Waals surface area contributed by atoms with Gasteiger partial charge in [0.2, 0.25) is 0 Å². The highest BCUT2D eigenvalue weighted by atomic mass is 16.2. The molecule has 1 aromatic rings. The molecule has 0 aliphatic heterocycles. The first-order chi connectivity index (χ1) is 6.24. The number of primary amides is 1. The lowest BCUT2D eigenvalue weighted by Gasteiger charge is -2.20. The Kier molecular flexibility index (Phi) is 3.14. The van der Waals surface area contributed by atoms with Crippen LogP contribution in [0.3, 0.4) is 0 Å². The fourth-order valence-electron chi connectivity index (χ4n) is 0.959. The maximum absolute atomic E-state index is 10.8. The van der Waals surface area contributed by atoms with Gasteiger partial charge in [0, 0.05) is 6.54 Å². The summed E-state index contributed by atoms with van der Waals surface area (Å²) in [6, 6.07) is 8.93. The number of hydrogen-bond donors (Lipinski definition) is 2. The van der Waals surface area contributed by atoms with E-state index in [0.29, 0.717) is 6.54 Å². The predicted octanol–water partition coefficient (Wildman–Crippen LogP) is 1.41. The van der Waals surface area contributed by atoms with E-state index in [1.807, 2.05) is 37.3 Å². The van der Waals surface area contributed by atoms with E-state index in [2.05, 4.69) is 5.43 Å². The number of para-hydroxylation sites is 1. The first kappa shape index (κ1) is 9.38. The van der Waals surface area contributed by atoms with Crippen LogP contribution in [-0.2, 0) is 0 Å². The Morgan fingerprint density at radius 3 is 2.54 bits per heavy atom. The van der Waals surface area contributed by atoms with E-state index >= 15 is 0 Å². The third-order valence-electron chi connectivity index (χ3n) is 1.62. The molecule has 1 rings (SSSR count). The van der Waals surface area contributed by atoms with E-state index in [-0.39, 0.29) is 0 Å². The SMILES string of the molecule is CCN(Nc1ccccc1)C(N)=O. The van der Waals surface area contributed by atoms with Crippen LogP contribution in [0.2, 0.25) is 0 Å². The van der Waals surface area contributed by atoms with Crippen LogP contribution in [0.4, 0.5) is 10.5 Å². The van der Waals surface area contributed by atoms with Crippen LogP contribution in [-0.4, -0.2) is 17.6 Å². The molecule has 0 heterocycles. The Hall–Kier alpha value is -1.71. The van der Waals surface area contributed by atoms with Gasteiger partial charge in [-0.2, -0.15) is 0 Å². The second-order valence-corrected chi connectivity index (χ2v) is 2.56. The Morgan fingerprint density at radius 1 is 1.46 bits per heavy atom. The van der Waals surface area contributed by atoms with Crippen LogP contribution in [0.5, 0.6) is 0 Å². The van der Waals surface area contributed by atoms with Crippen molar-refractivity contribution in [3.05, 3.63) is 30.3 Å². The van der Waals surface area contributed by atoms with Crippen LogP contribution in [0.1, 0.15) is 6.92 Å². The minimum absolute atomic E-state index is 0.480. The lowest BCUT2D eigenvalue weighted by atomic mass is 10.3. The summed E-state index contributed by atoms with van der Waals surface area (Å²) in [4.78, 5) is 10.8. The van der Waals surface area contributed by atoms with Gasteiger partial charge < -0.3 is 5.73 Å². The van der Waals surface area contributed by atoms with Crippen LogP contribution >= 0.6 is 0 Å². The lowest BCUT2D eigenvalue weighted by molar-refractivity contribution is 0.220. The first-order valence-electron chi connectivity index (χ1n) is 4.12. The lowest BCUT2D eigenvalue weighted by Crippen LogP contribution is -2.39. The number of amides is 2. The molecule has 4 nitrogen and oxygen atoms in total. The molecule has 0 aromatic heterocycles. The number of carbonyl (C=O) groups is 1. The zero-order chi connectivity index (χ0) is 9.68. The zero-order valence-electron chi connectivity index (χ0n) is 7.53. The summed E-state index contributed by atoms with van der Waals surface area (Å²) in [5.74, 6) is 0. The van der Waals surface area contributed by atoms with Gasteiger partial charge in [0.1, 0.15) is 0 Å². The fraction of sp³-hybridized carbons (Fsp3) is 0.222. The van der Waals surface area contributed by atoms with Gasteiger partial charge in [-0.3, -0.25) is 5.43 Å². The van der Waals surface area contributed by atoms with Crippen LogP contribution < -0.4 is 11.2 Å². The zero-order valence-corrected chi connectivity index (χ0v) is 7.53. The fourth-order valence-corrected chi connectivity index (χ4v) is 0.959. The molecule has 0 fully saturated rings. The van der Waals surface area contributed by atoms with E-state index in [1.165, 1.54) is 5.01 Å². The number of urea groups is 1. The molecule has 0 unspecified atom stereocenters. The van der Waals surface area contributed by atoms with Crippen LogP contribution in [0.25, 0.3) is 0 Å². The Labute approximate surface area is 77.3 Å². The summed E-state index contributed by atoms with van der Waals surface area (Å²) in [5.41, 5.74) is 8.86. The van der Waals surface area contributed by atoms with Crippen molar-refractivity contribution < 1.29 is 4.79 Å². The molecule has 70 valence electrons. The molecule has 4 heteroatoms. The van der Waals surface area contributed by atoms with Crippen LogP contribution in [0.15, 0.2) is 30.3 Å². The molecule has 0 saturated heterocycles. The molecule has 0 saturated carbocycles. The number of benzene rings is 1. The minimum Gasteiger partial charge on any atom is -0.350 e. The number of carbonyl (C=O) groups excluding carboxylic acids is 1. The summed E-state index contributed by atoms with van der Waals surface area (Å²) in [7, 11) is 0. The second kappa shape index (κ2) is 4.35. The topological polar surface area (TPSA) is 58.4 Å². The maximum Gasteiger partial charge on any atom is 0.333 e. The molecule has 3 N–H and O–H groups in total. The van der Waals surface area contributed by atoms with Crippen LogP contribution in [0, 0.1) is 0 Å². The van der Waals surface area contributed by atoms with Crippen molar-refractivity contribution in [2.75, 3.05) is 12.0 Å². The maximum atomic E-state index is 10.8. The van der Waals surface area contributed by atoms with E-state index < -0.39 is 6.03 Å². The standard InChI is InChI=1S/C9H13N3O/c1-2-12(9(10)13)11-8-6-4-3-5-7-8/h3-7,11H,2H2,1H3,(H2,10,13). The highest BCUT2D eigenvalue weighted by Gasteiger charge is 2.04. The van der Waals surface area contributed by atoms with E-state index in [4.69, 9.17) is 5.73 Å². The third-order valence-corrected chi connectivity index (χ3v) is 1.62. The van der Waals surface area contributed by atoms with Crippen molar-refractivity contribution in [3.63, 3.8) is 0 Å². The summed E-state index contributed by atoms with van der Waals surface area (Å²) >= 11 is 0. The monoisotopic (exact) mass is 179 g/mol. The van der Waals surface area contributed by atoms with E-state index in [1.54, 1.807) is 0 Å². The molecule has 0 aliphatic carbocycles. The van der Waals surface area contributed by atoms with Gasteiger partial charge in [0.05, 0.1) is 5.69 Å². The second-order valence-electron chi connectivity index (χ2n) is 2.56. The summed E-state index contributed by atoms with van der Waals surface area (Å²) in [6.07, 6.45) is 0. The number of anilines is 1. The normalized spacial score (nSPS) is 9.31. The average Bonchev–Trinajstić information content (AvgIpc) is 2.15. The highest BCUT2D eigenvalue weighted by molar-refractivity contribution is 5.73. The number of nitrogens with two attached hydrogens (primary N) is 1. The average molecular weight is 179 g/mol. The molecular weight excluding hydrogens is 166 g/mol. The van der Waals surface area contributed by atoms with Crippen molar-refractivity contribution in [3.8, 4) is 0 Å². The minimum atomic E-state index is -0.480. The largest absolute Gasteiger partial charge is 0.350 e. The molecule has 0 bridgehead atoms. The van der Waals surface area contributed by atoms with Gasteiger partial charge in [0.15, 0.2) is 0 Å². The quantitative estimate of drug-likeness (QED) is 0.689. The Balaban J connectivity index is 2.62. The van der Waals surface area contributed by atoms with E-state index in [0.717, 1.165) is 5.69 Å². The molecule has 0 radical (unpaired) electrons. The Morgan fingerprint density at radius 2 is 2.08 bits per heavy atom. The van der Waals surface area contributed by atoms with Crippen molar-refractivity contribution in [2.45, 2.75) is 6.92 Å². The van der Waals surface area contributed by atoms with Crippen molar-refractivity contribution in [1.82, 2.24) is 5.01 Å². The third kappa shape index (κ3) is 2.66. The molecule has 2 amide bonds. The van der Waals surface area contributed by atoms with Crippen molar-refractivity contribution in [2.24, 2.45) is 5.73 Å². The summed E-state index contributed by atoms with van der Waals surface area (Å²) in [6.45, 7) is 2.38. The van der Waals surface area contributed by atoms with Gasteiger partial charge in [-0.25, -0.2) is 9.80 Å². The summed E-state index contributed by atoms with van der Waals surface area (Å²) in [5, 5.41) is 1.34. The summed E-state index contributed by atoms with van der Waals surface area (Å²) < 4.78 is 0. The van der Waals surface area contributed by atoms with Crippen molar-refractivity contribution in [1.29, 1.82) is 0 Å². The van der Waals surface area contributed by atoms with Gasteiger partial charge in [-0.05, 0) is 19.1 Å². The smallest absolute Gasteiger partial charge is 0.333 e. The van der Waals surface area contributed by atoms with Gasteiger partial charge in [-0.1, -0.05) is 18.2 Å². The number of rotatable bonds is 3. The molecule has 0 atom stereocenters. The Bertz CT molecular complexity index is 273. The highest BCUT2D eigenvalue weighted by Crippen LogP contribution is 2.05. The number of hydrazine groups is 1. The van der Waals surface area contributed by atoms with E-state index in [9.17, 15) is 4.79 Å². The van der Waals surface area contributed by atoms with Gasteiger partial charge >= 0.3 is 6.03 Å².